The van der Waals surface area contributed by atoms with Crippen LogP contribution in [-0.4, -0.2) is 58.2 Å². The topological polar surface area (TPSA) is 122 Å². The molecule has 1 aromatic heterocycles. The number of rotatable bonds is 7. The van der Waals surface area contributed by atoms with Gasteiger partial charge in [-0.1, -0.05) is 30.7 Å². The first kappa shape index (κ1) is 26.7. The first-order valence-electron chi connectivity index (χ1n) is 11.3. The van der Waals surface area contributed by atoms with E-state index in [2.05, 4.69) is 10.3 Å². The van der Waals surface area contributed by atoms with E-state index in [-0.39, 0.29) is 42.1 Å². The van der Waals surface area contributed by atoms with Gasteiger partial charge in [-0.15, -0.1) is 0 Å². The summed E-state index contributed by atoms with van der Waals surface area (Å²) in [6.07, 6.45) is 0.811. The summed E-state index contributed by atoms with van der Waals surface area (Å²) >= 11 is 5.90. The van der Waals surface area contributed by atoms with Crippen LogP contribution in [0.4, 0.5) is 8.78 Å². The van der Waals surface area contributed by atoms with Crippen molar-refractivity contribution in [2.24, 2.45) is 0 Å². The highest BCUT2D eigenvalue weighted by atomic mass is 35.5. The van der Waals surface area contributed by atoms with Gasteiger partial charge in [0, 0.05) is 36.5 Å². The van der Waals surface area contributed by atoms with Gasteiger partial charge in [0.1, 0.15) is 5.82 Å². The standard InChI is InChI=1S/C24H23ClF2N4O5S/c1-2-20-29-21(37(34,35)36)13-31(20)19-11-16(23(33)30-10-9-24(26,27)14-30)5-8-18(19)22(32)28-12-15-3-6-17(25)7-4-15/h3-8,11,13H,2,9-10,12,14H2,1H3,(H,28,32)(H,34,35,36). The number of amides is 2. The Labute approximate surface area is 216 Å². The number of hydrogen-bond donors (Lipinski definition) is 2. The van der Waals surface area contributed by atoms with Crippen molar-refractivity contribution in [2.75, 3.05) is 13.1 Å². The Bertz CT molecular complexity index is 1460. The molecule has 0 spiro atoms. The number of carbonyl (C=O) groups is 2. The first-order valence-corrected chi connectivity index (χ1v) is 13.1. The van der Waals surface area contributed by atoms with Crippen LogP contribution in [0.5, 0.6) is 0 Å². The van der Waals surface area contributed by atoms with Gasteiger partial charge in [0.25, 0.3) is 17.7 Å². The maximum atomic E-state index is 13.7. The molecule has 0 bridgehead atoms. The number of imidazole rings is 1. The minimum absolute atomic E-state index is 0.0334. The Balaban J connectivity index is 1.74. The molecule has 0 unspecified atom stereocenters. The number of hydrogen-bond acceptors (Lipinski definition) is 5. The van der Waals surface area contributed by atoms with Crippen LogP contribution in [0, 0.1) is 0 Å². The van der Waals surface area contributed by atoms with Crippen LogP contribution >= 0.6 is 11.6 Å². The molecule has 2 heterocycles. The van der Waals surface area contributed by atoms with E-state index in [1.807, 2.05) is 0 Å². The predicted molar refractivity (Wildman–Crippen MR) is 131 cm³/mol. The van der Waals surface area contributed by atoms with Crippen molar-refractivity contribution in [3.63, 3.8) is 0 Å². The third-order valence-corrected chi connectivity index (χ3v) is 6.89. The summed E-state index contributed by atoms with van der Waals surface area (Å²) in [7, 11) is -4.66. The van der Waals surface area contributed by atoms with Crippen molar-refractivity contribution in [1.82, 2.24) is 19.8 Å². The number of alkyl halides is 2. The molecule has 1 aliphatic rings. The van der Waals surface area contributed by atoms with Gasteiger partial charge < -0.3 is 14.8 Å². The smallest absolute Gasteiger partial charge is 0.313 e. The molecule has 37 heavy (non-hydrogen) atoms. The summed E-state index contributed by atoms with van der Waals surface area (Å²) in [6, 6.07) is 10.9. The lowest BCUT2D eigenvalue weighted by Crippen LogP contribution is -2.31. The van der Waals surface area contributed by atoms with E-state index in [0.29, 0.717) is 5.02 Å². The molecule has 9 nitrogen and oxygen atoms in total. The Kier molecular flexibility index (Phi) is 7.36. The van der Waals surface area contributed by atoms with Gasteiger partial charge in [-0.05, 0) is 35.9 Å². The SMILES string of the molecule is CCc1nc(S(=O)(=O)O)cn1-c1cc(C(=O)N2CCC(F)(F)C2)ccc1C(=O)NCc1ccc(Cl)cc1. The number of halogens is 3. The molecular weight excluding hydrogens is 530 g/mol. The number of benzene rings is 2. The number of carbonyl (C=O) groups excluding carboxylic acids is 2. The van der Waals surface area contributed by atoms with E-state index in [1.165, 1.54) is 22.8 Å². The molecule has 2 aromatic carbocycles. The summed E-state index contributed by atoms with van der Waals surface area (Å²) in [4.78, 5) is 31.1. The quantitative estimate of drug-likeness (QED) is 0.431. The maximum Gasteiger partial charge on any atom is 0.313 e. The molecule has 1 saturated heterocycles. The molecule has 2 amide bonds. The van der Waals surface area contributed by atoms with Gasteiger partial charge in [-0.25, -0.2) is 13.8 Å². The minimum Gasteiger partial charge on any atom is -0.348 e. The average molecular weight is 553 g/mol. The van der Waals surface area contributed by atoms with Crippen molar-refractivity contribution >= 4 is 33.5 Å². The maximum absolute atomic E-state index is 13.7. The molecule has 4 rings (SSSR count). The normalized spacial score (nSPS) is 15.1. The fourth-order valence-corrected chi connectivity index (χ4v) is 4.59. The summed E-state index contributed by atoms with van der Waals surface area (Å²) in [6.45, 7) is 0.999. The zero-order valence-electron chi connectivity index (χ0n) is 19.6. The fraction of sp³-hybridized carbons (Fsp3) is 0.292. The molecule has 196 valence electrons. The Morgan fingerprint density at radius 2 is 1.89 bits per heavy atom. The Morgan fingerprint density at radius 1 is 1.19 bits per heavy atom. The van der Waals surface area contributed by atoms with E-state index in [0.717, 1.165) is 16.7 Å². The molecule has 0 atom stereocenters. The van der Waals surface area contributed by atoms with Crippen LogP contribution in [0.3, 0.4) is 0 Å². The summed E-state index contributed by atoms with van der Waals surface area (Å²) in [5.74, 6) is -3.98. The van der Waals surface area contributed by atoms with E-state index in [9.17, 15) is 31.3 Å². The van der Waals surface area contributed by atoms with Crippen LogP contribution in [0.15, 0.2) is 53.7 Å². The lowest BCUT2D eigenvalue weighted by atomic mass is 10.1. The summed E-state index contributed by atoms with van der Waals surface area (Å²) < 4.78 is 61.6. The van der Waals surface area contributed by atoms with E-state index < -0.39 is 45.8 Å². The average Bonchev–Trinajstić information content (AvgIpc) is 3.46. The van der Waals surface area contributed by atoms with Gasteiger partial charge in [0.05, 0.1) is 24.0 Å². The largest absolute Gasteiger partial charge is 0.348 e. The van der Waals surface area contributed by atoms with E-state index in [1.54, 1.807) is 31.2 Å². The number of aryl methyl sites for hydroxylation is 1. The summed E-state index contributed by atoms with van der Waals surface area (Å²) in [5, 5.41) is 2.66. The number of nitrogens with one attached hydrogen (secondary N) is 1. The zero-order valence-corrected chi connectivity index (χ0v) is 21.2. The Morgan fingerprint density at radius 3 is 2.49 bits per heavy atom. The molecule has 0 saturated carbocycles. The van der Waals surface area contributed by atoms with Crippen LogP contribution in [-0.2, 0) is 23.1 Å². The fourth-order valence-electron chi connectivity index (χ4n) is 4.00. The van der Waals surface area contributed by atoms with Gasteiger partial charge in [-0.2, -0.15) is 8.42 Å². The zero-order chi connectivity index (χ0) is 27.0. The molecule has 1 aliphatic heterocycles. The van der Waals surface area contributed by atoms with E-state index >= 15 is 0 Å². The third kappa shape index (κ3) is 5.97. The molecule has 0 aliphatic carbocycles. The van der Waals surface area contributed by atoms with Crippen molar-refractivity contribution in [3.05, 3.63) is 76.2 Å². The van der Waals surface area contributed by atoms with Crippen molar-refractivity contribution in [2.45, 2.75) is 37.3 Å². The molecular formula is C24H23ClF2N4O5S. The van der Waals surface area contributed by atoms with Crippen LogP contribution in [0.25, 0.3) is 5.69 Å². The second kappa shape index (κ2) is 10.2. The molecule has 0 radical (unpaired) electrons. The van der Waals surface area contributed by atoms with Crippen LogP contribution in [0.1, 0.15) is 45.4 Å². The lowest BCUT2D eigenvalue weighted by molar-refractivity contribution is 0.0120. The Hall–Kier alpha value is -3.35. The predicted octanol–water partition coefficient (Wildman–Crippen LogP) is 3.75. The summed E-state index contributed by atoms with van der Waals surface area (Å²) in [5.41, 5.74) is 0.980. The van der Waals surface area contributed by atoms with Crippen molar-refractivity contribution < 1.29 is 31.3 Å². The third-order valence-electron chi connectivity index (χ3n) is 5.91. The second-order valence-corrected chi connectivity index (χ2v) is 10.4. The number of likely N-dealkylation sites (tertiary alicyclic amines) is 1. The minimum atomic E-state index is -4.66. The number of nitrogens with zero attached hydrogens (tertiary/aromatic N) is 3. The first-order chi connectivity index (χ1) is 17.4. The van der Waals surface area contributed by atoms with Gasteiger partial charge in [0.2, 0.25) is 5.03 Å². The lowest BCUT2D eigenvalue weighted by Gasteiger charge is -2.18. The van der Waals surface area contributed by atoms with Crippen molar-refractivity contribution in [1.29, 1.82) is 0 Å². The van der Waals surface area contributed by atoms with Crippen LogP contribution in [0.2, 0.25) is 5.02 Å². The van der Waals surface area contributed by atoms with Gasteiger partial charge in [-0.3, -0.25) is 14.1 Å². The number of aromatic nitrogens is 2. The van der Waals surface area contributed by atoms with E-state index in [4.69, 9.17) is 11.6 Å². The van der Waals surface area contributed by atoms with Gasteiger partial charge in [0.15, 0.2) is 0 Å². The van der Waals surface area contributed by atoms with Crippen LogP contribution < -0.4 is 5.32 Å². The molecule has 3 aromatic rings. The molecule has 13 heteroatoms. The van der Waals surface area contributed by atoms with Crippen molar-refractivity contribution in [3.8, 4) is 5.69 Å². The monoisotopic (exact) mass is 552 g/mol. The highest BCUT2D eigenvalue weighted by molar-refractivity contribution is 7.85. The molecule has 1 fully saturated rings. The second-order valence-electron chi connectivity index (χ2n) is 8.57. The molecule has 2 N–H and O–H groups in total. The van der Waals surface area contributed by atoms with Gasteiger partial charge >= 0.3 is 10.1 Å². The highest BCUT2D eigenvalue weighted by Crippen LogP contribution is 2.29. The highest BCUT2D eigenvalue weighted by Gasteiger charge is 2.40.